The Morgan fingerprint density at radius 3 is 2.79 bits per heavy atom. The summed E-state index contributed by atoms with van der Waals surface area (Å²) >= 11 is 3.15. The third-order valence-corrected chi connectivity index (χ3v) is 2.02. The number of rotatable bonds is 4. The van der Waals surface area contributed by atoms with E-state index in [9.17, 15) is 9.18 Å². The van der Waals surface area contributed by atoms with Crippen molar-refractivity contribution in [1.29, 1.82) is 0 Å². The molecule has 1 aromatic rings. The first-order valence-corrected chi connectivity index (χ1v) is 4.95. The van der Waals surface area contributed by atoms with Gasteiger partial charge in [0.05, 0.1) is 6.61 Å². The van der Waals surface area contributed by atoms with Gasteiger partial charge in [0.25, 0.3) is 0 Å². The first-order chi connectivity index (χ1) is 6.58. The lowest BCUT2D eigenvalue weighted by Crippen LogP contribution is -2.02. The second-order valence-corrected chi connectivity index (χ2v) is 3.82. The summed E-state index contributed by atoms with van der Waals surface area (Å²) in [6.07, 6.45) is 0.341. The van der Waals surface area contributed by atoms with Crippen molar-refractivity contribution in [2.75, 3.05) is 6.61 Å². The predicted molar refractivity (Wildman–Crippen MR) is 54.9 cm³/mol. The molecule has 0 aliphatic heterocycles. The lowest BCUT2D eigenvalue weighted by atomic mass is 10.3. The van der Waals surface area contributed by atoms with Gasteiger partial charge in [-0.05, 0) is 19.1 Å². The van der Waals surface area contributed by atoms with Crippen LogP contribution in [0.3, 0.4) is 0 Å². The summed E-state index contributed by atoms with van der Waals surface area (Å²) in [5.41, 5.74) is 0. The summed E-state index contributed by atoms with van der Waals surface area (Å²) in [6, 6.07) is 4.28. The quantitative estimate of drug-likeness (QED) is 0.832. The van der Waals surface area contributed by atoms with Crippen LogP contribution < -0.4 is 4.74 Å². The molecule has 0 aromatic heterocycles. The van der Waals surface area contributed by atoms with E-state index in [0.717, 1.165) is 0 Å². The third-order valence-electron chi connectivity index (χ3n) is 1.56. The highest BCUT2D eigenvalue weighted by Crippen LogP contribution is 2.20. The van der Waals surface area contributed by atoms with E-state index >= 15 is 0 Å². The zero-order valence-electron chi connectivity index (χ0n) is 7.72. The van der Waals surface area contributed by atoms with Gasteiger partial charge in [-0.3, -0.25) is 4.79 Å². The van der Waals surface area contributed by atoms with Gasteiger partial charge >= 0.3 is 0 Å². The summed E-state index contributed by atoms with van der Waals surface area (Å²) in [5, 5.41) is 0. The monoisotopic (exact) mass is 260 g/mol. The van der Waals surface area contributed by atoms with Crippen LogP contribution in [0.1, 0.15) is 13.3 Å². The highest BCUT2D eigenvalue weighted by atomic mass is 79.9. The highest BCUT2D eigenvalue weighted by Gasteiger charge is 2.00. The fourth-order valence-corrected chi connectivity index (χ4v) is 1.37. The van der Waals surface area contributed by atoms with Crippen LogP contribution in [0, 0.1) is 5.82 Å². The van der Waals surface area contributed by atoms with E-state index in [1.807, 2.05) is 0 Å². The Kier molecular flexibility index (Phi) is 4.07. The summed E-state index contributed by atoms with van der Waals surface area (Å²) in [7, 11) is 0. The largest absolute Gasteiger partial charge is 0.493 e. The molecular weight excluding hydrogens is 251 g/mol. The van der Waals surface area contributed by atoms with Crippen LogP contribution in [-0.4, -0.2) is 12.4 Å². The molecule has 0 aliphatic rings. The van der Waals surface area contributed by atoms with Gasteiger partial charge in [0.1, 0.15) is 17.3 Å². The molecule has 0 heterocycles. The number of benzene rings is 1. The maximum Gasteiger partial charge on any atom is 0.133 e. The first kappa shape index (κ1) is 11.2. The van der Waals surface area contributed by atoms with Gasteiger partial charge < -0.3 is 4.74 Å². The number of Topliss-reactive ketones (excluding diaryl/α,β-unsaturated/α-hetero) is 1. The lowest BCUT2D eigenvalue weighted by Gasteiger charge is -2.05. The Hall–Kier alpha value is -0.900. The molecule has 0 amide bonds. The number of halogens is 2. The number of ketones is 1. The summed E-state index contributed by atoms with van der Waals surface area (Å²) in [4.78, 5) is 10.6. The maximum absolute atomic E-state index is 12.8. The third kappa shape index (κ3) is 3.87. The van der Waals surface area contributed by atoms with Gasteiger partial charge in [-0.1, -0.05) is 15.9 Å². The molecule has 0 fully saturated rings. The average Bonchev–Trinajstić information content (AvgIpc) is 2.01. The molecule has 14 heavy (non-hydrogen) atoms. The van der Waals surface area contributed by atoms with E-state index in [1.165, 1.54) is 19.1 Å². The van der Waals surface area contributed by atoms with Gasteiger partial charge in [-0.2, -0.15) is 0 Å². The molecule has 0 saturated carbocycles. The van der Waals surface area contributed by atoms with E-state index in [4.69, 9.17) is 4.74 Å². The minimum absolute atomic E-state index is 0.0560. The zero-order valence-corrected chi connectivity index (χ0v) is 9.30. The summed E-state index contributed by atoms with van der Waals surface area (Å²) < 4.78 is 18.6. The van der Waals surface area contributed by atoms with Crippen molar-refractivity contribution in [1.82, 2.24) is 0 Å². The molecule has 0 N–H and O–H groups in total. The molecule has 4 heteroatoms. The smallest absolute Gasteiger partial charge is 0.133 e. The van der Waals surface area contributed by atoms with Gasteiger partial charge in [0.2, 0.25) is 0 Å². The molecule has 0 aliphatic carbocycles. The van der Waals surface area contributed by atoms with Gasteiger partial charge in [-0.15, -0.1) is 0 Å². The topological polar surface area (TPSA) is 26.3 Å². The van der Waals surface area contributed by atoms with Gasteiger partial charge in [0.15, 0.2) is 0 Å². The van der Waals surface area contributed by atoms with E-state index in [2.05, 4.69) is 15.9 Å². The van der Waals surface area contributed by atoms with Crippen LogP contribution >= 0.6 is 15.9 Å². The van der Waals surface area contributed by atoms with Gasteiger partial charge in [-0.25, -0.2) is 4.39 Å². The van der Waals surface area contributed by atoms with E-state index in [1.54, 1.807) is 6.07 Å². The standard InChI is InChI=1S/C10H10BrFO2/c1-7(13)2-3-14-10-5-8(11)4-9(12)6-10/h4-6H,2-3H2,1H3. The second-order valence-electron chi connectivity index (χ2n) is 2.91. The Morgan fingerprint density at radius 1 is 1.50 bits per heavy atom. The number of carbonyl (C=O) groups is 1. The number of hydrogen-bond acceptors (Lipinski definition) is 2. The molecule has 1 aromatic carbocycles. The van der Waals surface area contributed by atoms with Crippen LogP contribution in [0.4, 0.5) is 4.39 Å². The van der Waals surface area contributed by atoms with Crippen LogP contribution in [0.5, 0.6) is 5.75 Å². The minimum Gasteiger partial charge on any atom is -0.493 e. The fourth-order valence-electron chi connectivity index (χ4n) is 0.924. The van der Waals surface area contributed by atoms with Crippen molar-refractivity contribution in [2.24, 2.45) is 0 Å². The molecule has 76 valence electrons. The lowest BCUT2D eigenvalue weighted by molar-refractivity contribution is -0.117. The van der Waals surface area contributed by atoms with Crippen molar-refractivity contribution in [3.8, 4) is 5.75 Å². The average molecular weight is 261 g/mol. The van der Waals surface area contributed by atoms with Crippen molar-refractivity contribution in [3.05, 3.63) is 28.5 Å². The molecule has 0 radical (unpaired) electrons. The van der Waals surface area contributed by atoms with Crippen LogP contribution in [0.2, 0.25) is 0 Å². The summed E-state index contributed by atoms with van der Waals surface area (Å²) in [6.45, 7) is 1.77. The molecule has 0 atom stereocenters. The molecule has 0 unspecified atom stereocenters. The van der Waals surface area contributed by atoms with Crippen LogP contribution in [0.15, 0.2) is 22.7 Å². The van der Waals surface area contributed by atoms with Crippen molar-refractivity contribution in [3.63, 3.8) is 0 Å². The molecule has 0 spiro atoms. The number of carbonyl (C=O) groups excluding carboxylic acids is 1. The van der Waals surface area contributed by atoms with Crippen molar-refractivity contribution < 1.29 is 13.9 Å². The fraction of sp³-hybridized carbons (Fsp3) is 0.300. The van der Waals surface area contributed by atoms with E-state index in [0.29, 0.717) is 16.6 Å². The first-order valence-electron chi connectivity index (χ1n) is 4.16. The van der Waals surface area contributed by atoms with Gasteiger partial charge in [0, 0.05) is 17.0 Å². The Bertz CT molecular complexity index is 319. The Labute approximate surface area is 90.2 Å². The Balaban J connectivity index is 2.54. The predicted octanol–water partition coefficient (Wildman–Crippen LogP) is 2.95. The minimum atomic E-state index is -0.364. The molecule has 1 rings (SSSR count). The number of hydrogen-bond donors (Lipinski definition) is 0. The highest BCUT2D eigenvalue weighted by molar-refractivity contribution is 9.10. The maximum atomic E-state index is 12.8. The van der Waals surface area contributed by atoms with E-state index in [-0.39, 0.29) is 18.2 Å². The molecule has 2 nitrogen and oxygen atoms in total. The molecule has 0 bridgehead atoms. The van der Waals surface area contributed by atoms with Crippen LogP contribution in [0.25, 0.3) is 0 Å². The molecular formula is C10H10BrFO2. The van der Waals surface area contributed by atoms with E-state index < -0.39 is 0 Å². The summed E-state index contributed by atoms with van der Waals surface area (Å²) in [5.74, 6) is 0.121. The zero-order chi connectivity index (χ0) is 10.6. The van der Waals surface area contributed by atoms with Crippen molar-refractivity contribution in [2.45, 2.75) is 13.3 Å². The SMILES string of the molecule is CC(=O)CCOc1cc(F)cc(Br)c1. The normalized spacial score (nSPS) is 9.93. The second kappa shape index (κ2) is 5.10. The van der Waals surface area contributed by atoms with Crippen LogP contribution in [-0.2, 0) is 4.79 Å². The number of ether oxygens (including phenoxy) is 1. The van der Waals surface area contributed by atoms with Crippen molar-refractivity contribution >= 4 is 21.7 Å². The molecule has 0 saturated heterocycles. The Morgan fingerprint density at radius 2 is 2.21 bits per heavy atom.